The van der Waals surface area contributed by atoms with Crippen LogP contribution in [0.4, 0.5) is 0 Å². The molecule has 0 aromatic rings. The fraction of sp³-hybridized carbons (Fsp3) is 0.857. The highest BCUT2D eigenvalue weighted by molar-refractivity contribution is 7.91. The quantitative estimate of drug-likeness (QED) is 0.605. The lowest BCUT2D eigenvalue weighted by atomic mass is 9.93. The van der Waals surface area contributed by atoms with Gasteiger partial charge in [0.2, 0.25) is 10.0 Å². The van der Waals surface area contributed by atoms with Crippen molar-refractivity contribution in [1.82, 2.24) is 5.32 Å². The van der Waals surface area contributed by atoms with Crippen LogP contribution >= 0.6 is 0 Å². The summed E-state index contributed by atoms with van der Waals surface area (Å²) in [6.07, 6.45) is 0.558. The number of primary sulfonamides is 1. The lowest BCUT2D eigenvalue weighted by Gasteiger charge is -2.32. The van der Waals surface area contributed by atoms with Gasteiger partial charge in [0, 0.05) is 0 Å². The molecule has 1 aliphatic heterocycles. The van der Waals surface area contributed by atoms with Crippen LogP contribution in [-0.4, -0.2) is 32.0 Å². The number of piperidine rings is 1. The number of hydrogen-bond acceptors (Lipinski definition) is 4. The molecule has 0 aromatic carbocycles. The molecule has 0 bridgehead atoms. The van der Waals surface area contributed by atoms with Crippen LogP contribution in [0.15, 0.2) is 0 Å². The minimum absolute atomic E-state index is 0.279. The van der Waals surface area contributed by atoms with Crippen molar-refractivity contribution in [3.63, 3.8) is 0 Å². The van der Waals surface area contributed by atoms with E-state index in [9.17, 15) is 13.2 Å². The van der Waals surface area contributed by atoms with Crippen molar-refractivity contribution < 1.29 is 13.2 Å². The Labute approximate surface area is 77.7 Å². The summed E-state index contributed by atoms with van der Waals surface area (Å²) in [5.41, 5.74) is 0. The van der Waals surface area contributed by atoms with E-state index in [0.717, 1.165) is 0 Å². The van der Waals surface area contributed by atoms with E-state index in [-0.39, 0.29) is 18.6 Å². The minimum atomic E-state index is -3.78. The lowest BCUT2D eigenvalue weighted by Crippen LogP contribution is -2.55. The van der Waals surface area contributed by atoms with Gasteiger partial charge < -0.3 is 5.32 Å². The average Bonchev–Trinajstić information content (AvgIpc) is 2.03. The van der Waals surface area contributed by atoms with E-state index in [1.807, 2.05) is 0 Å². The predicted molar refractivity (Wildman–Crippen MR) is 48.6 cm³/mol. The van der Waals surface area contributed by atoms with Gasteiger partial charge in [-0.3, -0.25) is 4.79 Å². The number of sulfonamides is 1. The molecule has 3 N–H and O–H groups in total. The molecular formula is C7H14N2O3S. The second-order valence-electron chi connectivity index (χ2n) is 3.35. The monoisotopic (exact) mass is 206 g/mol. The summed E-state index contributed by atoms with van der Waals surface area (Å²) in [5.74, 6) is -0.350. The molecule has 0 amide bonds. The fourth-order valence-electron chi connectivity index (χ4n) is 1.67. The molecule has 1 heterocycles. The standard InChI is InChI=1S/C7H14N2O3S/c1-6(10)7(13(8,11)12)2-4-9-5-3-7/h9H,2-5H2,1H3,(H2,8,11,12). The van der Waals surface area contributed by atoms with E-state index in [4.69, 9.17) is 5.14 Å². The first-order chi connectivity index (χ1) is 5.90. The van der Waals surface area contributed by atoms with Crippen LogP contribution in [0.1, 0.15) is 19.8 Å². The highest BCUT2D eigenvalue weighted by Gasteiger charge is 2.46. The largest absolute Gasteiger partial charge is 0.317 e. The van der Waals surface area contributed by atoms with Crippen LogP contribution in [-0.2, 0) is 14.8 Å². The van der Waals surface area contributed by atoms with Gasteiger partial charge >= 0.3 is 0 Å². The van der Waals surface area contributed by atoms with Crippen LogP contribution in [0.25, 0.3) is 0 Å². The molecule has 6 heteroatoms. The van der Waals surface area contributed by atoms with Gasteiger partial charge in [-0.2, -0.15) is 0 Å². The third kappa shape index (κ3) is 1.74. The molecule has 0 saturated carbocycles. The first-order valence-electron chi connectivity index (χ1n) is 4.14. The Kier molecular flexibility index (Phi) is 2.74. The summed E-state index contributed by atoms with van der Waals surface area (Å²) in [5, 5.41) is 8.06. The third-order valence-corrected chi connectivity index (χ3v) is 4.38. The van der Waals surface area contributed by atoms with Crippen molar-refractivity contribution >= 4 is 15.8 Å². The molecule has 0 aliphatic carbocycles. The van der Waals surface area contributed by atoms with Gasteiger partial charge in [0.1, 0.15) is 4.75 Å². The van der Waals surface area contributed by atoms with Crippen molar-refractivity contribution in [2.45, 2.75) is 24.5 Å². The van der Waals surface area contributed by atoms with Gasteiger partial charge in [0.25, 0.3) is 0 Å². The number of ketones is 1. The molecule has 13 heavy (non-hydrogen) atoms. The maximum atomic E-state index is 11.3. The Balaban J connectivity index is 3.07. The van der Waals surface area contributed by atoms with Gasteiger partial charge in [-0.1, -0.05) is 0 Å². The molecule has 0 spiro atoms. The van der Waals surface area contributed by atoms with Crippen LogP contribution in [0.3, 0.4) is 0 Å². The SMILES string of the molecule is CC(=O)C1(S(N)(=O)=O)CCNCC1. The summed E-state index contributed by atoms with van der Waals surface area (Å²) < 4.78 is 21.2. The normalized spacial score (nSPS) is 22.6. The molecule has 1 saturated heterocycles. The van der Waals surface area contributed by atoms with Crippen molar-refractivity contribution in [3.05, 3.63) is 0 Å². The van der Waals surface area contributed by atoms with Crippen molar-refractivity contribution in [2.75, 3.05) is 13.1 Å². The molecule has 0 aromatic heterocycles. The van der Waals surface area contributed by atoms with E-state index in [1.165, 1.54) is 6.92 Å². The Morgan fingerprint density at radius 2 is 1.85 bits per heavy atom. The molecule has 0 atom stereocenters. The number of nitrogens with two attached hydrogens (primary N) is 1. The number of carbonyl (C=O) groups is 1. The summed E-state index contributed by atoms with van der Waals surface area (Å²) in [4.78, 5) is 11.3. The zero-order chi connectivity index (χ0) is 10.1. The highest BCUT2D eigenvalue weighted by atomic mass is 32.2. The van der Waals surface area contributed by atoms with E-state index in [1.54, 1.807) is 0 Å². The number of rotatable bonds is 2. The zero-order valence-electron chi connectivity index (χ0n) is 7.54. The van der Waals surface area contributed by atoms with Gasteiger partial charge in [-0.05, 0) is 32.9 Å². The summed E-state index contributed by atoms with van der Waals surface area (Å²) in [6.45, 7) is 2.34. The smallest absolute Gasteiger partial charge is 0.222 e. The van der Waals surface area contributed by atoms with Crippen LogP contribution in [0, 0.1) is 0 Å². The Morgan fingerprint density at radius 1 is 1.38 bits per heavy atom. The number of nitrogens with one attached hydrogen (secondary N) is 1. The lowest BCUT2D eigenvalue weighted by molar-refractivity contribution is -0.120. The molecular weight excluding hydrogens is 192 g/mol. The Morgan fingerprint density at radius 3 is 2.08 bits per heavy atom. The fourth-order valence-corrected chi connectivity index (χ4v) is 2.84. The third-order valence-electron chi connectivity index (χ3n) is 2.60. The molecule has 76 valence electrons. The first-order valence-corrected chi connectivity index (χ1v) is 5.69. The second-order valence-corrected chi connectivity index (χ2v) is 5.22. The maximum absolute atomic E-state index is 11.3. The van der Waals surface area contributed by atoms with Crippen molar-refractivity contribution in [1.29, 1.82) is 0 Å². The van der Waals surface area contributed by atoms with Gasteiger partial charge in [-0.25, -0.2) is 13.6 Å². The number of Topliss-reactive ketones (excluding diaryl/α,β-unsaturated/α-hetero) is 1. The molecule has 0 unspecified atom stereocenters. The zero-order valence-corrected chi connectivity index (χ0v) is 8.36. The molecule has 1 rings (SSSR count). The van der Waals surface area contributed by atoms with Gasteiger partial charge in [-0.15, -0.1) is 0 Å². The van der Waals surface area contributed by atoms with E-state index in [2.05, 4.69) is 5.32 Å². The number of hydrogen-bond donors (Lipinski definition) is 2. The van der Waals surface area contributed by atoms with E-state index >= 15 is 0 Å². The maximum Gasteiger partial charge on any atom is 0.222 e. The minimum Gasteiger partial charge on any atom is -0.317 e. The predicted octanol–water partition coefficient (Wildman–Crippen LogP) is -1.01. The molecule has 1 aliphatic rings. The van der Waals surface area contributed by atoms with Crippen molar-refractivity contribution in [3.8, 4) is 0 Å². The molecule has 0 radical (unpaired) electrons. The molecule has 5 nitrogen and oxygen atoms in total. The van der Waals surface area contributed by atoms with Crippen LogP contribution < -0.4 is 10.5 Å². The van der Waals surface area contributed by atoms with Crippen LogP contribution in [0.2, 0.25) is 0 Å². The topological polar surface area (TPSA) is 89.3 Å². The summed E-state index contributed by atoms with van der Waals surface area (Å²) >= 11 is 0. The summed E-state index contributed by atoms with van der Waals surface area (Å²) in [6, 6.07) is 0. The Hall–Kier alpha value is -0.460. The first kappa shape index (κ1) is 10.6. The average molecular weight is 206 g/mol. The highest BCUT2D eigenvalue weighted by Crippen LogP contribution is 2.26. The summed E-state index contributed by atoms with van der Waals surface area (Å²) in [7, 11) is -3.78. The van der Waals surface area contributed by atoms with Crippen molar-refractivity contribution in [2.24, 2.45) is 5.14 Å². The van der Waals surface area contributed by atoms with E-state index < -0.39 is 14.8 Å². The Bertz CT molecular complexity index is 304. The van der Waals surface area contributed by atoms with Gasteiger partial charge in [0.15, 0.2) is 5.78 Å². The molecule has 1 fully saturated rings. The van der Waals surface area contributed by atoms with Gasteiger partial charge in [0.05, 0.1) is 0 Å². The van der Waals surface area contributed by atoms with Crippen LogP contribution in [0.5, 0.6) is 0 Å². The van der Waals surface area contributed by atoms with E-state index in [0.29, 0.717) is 13.1 Å². The second kappa shape index (κ2) is 3.36. The number of carbonyl (C=O) groups excluding carboxylic acids is 1.